The zero-order valence-corrected chi connectivity index (χ0v) is 12.1. The van der Waals surface area contributed by atoms with E-state index >= 15 is 0 Å². The van der Waals surface area contributed by atoms with E-state index in [1.807, 2.05) is 66.7 Å². The summed E-state index contributed by atoms with van der Waals surface area (Å²) in [6, 6.07) is 30.2. The summed E-state index contributed by atoms with van der Waals surface area (Å²) in [7, 11) is 0. The Balaban J connectivity index is 0.00000161. The van der Waals surface area contributed by atoms with Crippen LogP contribution in [0.25, 0.3) is 0 Å². The van der Waals surface area contributed by atoms with Gasteiger partial charge >= 0.3 is 18.9 Å². The van der Waals surface area contributed by atoms with Gasteiger partial charge in [0, 0.05) is 0 Å². The summed E-state index contributed by atoms with van der Waals surface area (Å²) >= 11 is 0. The third-order valence-corrected chi connectivity index (χ3v) is 3.04. The first-order valence-corrected chi connectivity index (χ1v) is 6.64. The van der Waals surface area contributed by atoms with Gasteiger partial charge < -0.3 is 4.74 Å². The van der Waals surface area contributed by atoms with Gasteiger partial charge in [0.1, 0.15) is 5.75 Å². The third-order valence-electron chi connectivity index (χ3n) is 3.04. The second-order valence-electron chi connectivity index (χ2n) is 4.48. The molecular formula is C19H15LiO. The molecule has 3 rings (SSSR count). The molecule has 1 nitrogen and oxygen atoms in total. The fourth-order valence-corrected chi connectivity index (χ4v) is 2.07. The molecule has 98 valence electrons. The predicted octanol–water partition coefficient (Wildman–Crippen LogP) is 1.70. The van der Waals surface area contributed by atoms with Crippen molar-refractivity contribution in [1.29, 1.82) is 0 Å². The molecule has 2 heteroatoms. The van der Waals surface area contributed by atoms with Gasteiger partial charge in [-0.1, -0.05) is 65.7 Å². The predicted molar refractivity (Wildman–Crippen MR) is 81.4 cm³/mol. The Morgan fingerprint density at radius 2 is 0.905 bits per heavy atom. The van der Waals surface area contributed by atoms with E-state index in [1.165, 1.54) is 0 Å². The Bertz CT molecular complexity index is 599. The van der Waals surface area contributed by atoms with Crippen molar-refractivity contribution < 1.29 is 23.6 Å². The molecule has 0 heterocycles. The maximum atomic E-state index is 6.10. The van der Waals surface area contributed by atoms with E-state index in [2.05, 4.69) is 24.3 Å². The number of hydrogen-bond donors (Lipinski definition) is 0. The Kier molecular flexibility index (Phi) is 5.57. The van der Waals surface area contributed by atoms with Gasteiger partial charge in [-0.25, -0.2) is 0 Å². The second kappa shape index (κ2) is 7.64. The topological polar surface area (TPSA) is 9.23 Å². The molecule has 0 saturated carbocycles. The molecule has 0 atom stereocenters. The summed E-state index contributed by atoms with van der Waals surface area (Å²) in [5.41, 5.74) is 2.14. The van der Waals surface area contributed by atoms with Crippen molar-refractivity contribution in [3.05, 3.63) is 108 Å². The molecule has 0 N–H and O–H groups in total. The smallest absolute Gasteiger partial charge is 0.493 e. The molecule has 0 radical (unpaired) electrons. The zero-order chi connectivity index (χ0) is 13.6. The van der Waals surface area contributed by atoms with Crippen molar-refractivity contribution >= 4 is 0 Å². The van der Waals surface area contributed by atoms with Crippen LogP contribution in [0.4, 0.5) is 0 Å². The zero-order valence-electron chi connectivity index (χ0n) is 12.1. The second-order valence-corrected chi connectivity index (χ2v) is 4.48. The van der Waals surface area contributed by atoms with E-state index in [9.17, 15) is 0 Å². The average molecular weight is 266 g/mol. The van der Waals surface area contributed by atoms with Gasteiger partial charge in [0.05, 0.1) is 6.10 Å². The van der Waals surface area contributed by atoms with Crippen molar-refractivity contribution in [2.24, 2.45) is 0 Å². The Morgan fingerprint density at radius 3 is 1.33 bits per heavy atom. The van der Waals surface area contributed by atoms with Gasteiger partial charge in [0.25, 0.3) is 0 Å². The van der Waals surface area contributed by atoms with Crippen LogP contribution in [0.5, 0.6) is 5.75 Å². The average Bonchev–Trinajstić information content (AvgIpc) is 2.55. The SMILES string of the molecule is [Li+].c1ccc(O[C-](c2ccccc2)c2ccccc2)cc1. The molecule has 0 aliphatic heterocycles. The Hall–Kier alpha value is -2.07. The summed E-state index contributed by atoms with van der Waals surface area (Å²) in [5, 5.41) is 0. The van der Waals surface area contributed by atoms with Crippen molar-refractivity contribution in [2.45, 2.75) is 0 Å². The van der Waals surface area contributed by atoms with Crippen LogP contribution in [-0.2, 0) is 0 Å². The minimum absolute atomic E-state index is 0. The van der Waals surface area contributed by atoms with E-state index < -0.39 is 0 Å². The van der Waals surface area contributed by atoms with Crippen LogP contribution in [0.3, 0.4) is 0 Å². The maximum absolute atomic E-state index is 6.10. The van der Waals surface area contributed by atoms with Crippen LogP contribution in [0.1, 0.15) is 11.1 Å². The van der Waals surface area contributed by atoms with E-state index in [0.29, 0.717) is 0 Å². The van der Waals surface area contributed by atoms with Gasteiger partial charge in [-0.05, 0) is 12.1 Å². The maximum Gasteiger partial charge on any atom is 1.00 e. The molecule has 3 aromatic rings. The molecule has 0 fully saturated rings. The van der Waals surface area contributed by atoms with Gasteiger partial charge in [-0.15, -0.1) is 24.3 Å². The number of hydrogen-bond acceptors (Lipinski definition) is 1. The molecule has 0 aliphatic rings. The van der Waals surface area contributed by atoms with Crippen molar-refractivity contribution in [1.82, 2.24) is 0 Å². The number of rotatable bonds is 4. The Morgan fingerprint density at radius 1 is 0.524 bits per heavy atom. The van der Waals surface area contributed by atoms with Crippen LogP contribution < -0.4 is 23.6 Å². The number of benzene rings is 3. The van der Waals surface area contributed by atoms with Gasteiger partial charge in [-0.3, -0.25) is 0 Å². The molecule has 0 aliphatic carbocycles. The van der Waals surface area contributed by atoms with E-state index in [1.54, 1.807) is 0 Å². The molecular weight excluding hydrogens is 251 g/mol. The Labute approximate surface area is 137 Å². The largest absolute Gasteiger partial charge is 1.00 e. The fourth-order valence-electron chi connectivity index (χ4n) is 2.07. The summed E-state index contributed by atoms with van der Waals surface area (Å²) in [5.74, 6) is 0.843. The number of para-hydroxylation sites is 1. The van der Waals surface area contributed by atoms with Crippen LogP contribution in [0.2, 0.25) is 0 Å². The van der Waals surface area contributed by atoms with Crippen molar-refractivity contribution in [2.75, 3.05) is 0 Å². The van der Waals surface area contributed by atoms with Gasteiger partial charge in [-0.2, -0.15) is 0 Å². The standard InChI is InChI=1S/C19H15O.Li/c1-4-10-16(11-5-1)19(17-12-6-2-7-13-17)20-18-14-8-3-9-15-18;/h1-15H;/q-1;+1. The fraction of sp³-hybridized carbons (Fsp3) is 0. The van der Waals surface area contributed by atoms with Crippen LogP contribution in [0.15, 0.2) is 91.0 Å². The minimum atomic E-state index is 0. The molecule has 0 unspecified atom stereocenters. The first kappa shape index (κ1) is 15.3. The first-order valence-electron chi connectivity index (χ1n) is 6.64. The summed E-state index contributed by atoms with van der Waals surface area (Å²) in [4.78, 5) is 0. The van der Waals surface area contributed by atoms with Crippen LogP contribution >= 0.6 is 0 Å². The summed E-state index contributed by atoms with van der Waals surface area (Å²) in [6.07, 6.45) is 0.873. The van der Waals surface area contributed by atoms with E-state index in [-0.39, 0.29) is 18.9 Å². The third kappa shape index (κ3) is 3.95. The monoisotopic (exact) mass is 266 g/mol. The van der Waals surface area contributed by atoms with Crippen LogP contribution in [-0.4, -0.2) is 0 Å². The van der Waals surface area contributed by atoms with Crippen molar-refractivity contribution in [3.8, 4) is 5.75 Å². The minimum Gasteiger partial charge on any atom is -0.493 e. The first-order chi connectivity index (χ1) is 9.93. The van der Waals surface area contributed by atoms with Crippen molar-refractivity contribution in [3.63, 3.8) is 0 Å². The molecule has 21 heavy (non-hydrogen) atoms. The molecule has 0 spiro atoms. The molecule has 3 aromatic carbocycles. The summed E-state index contributed by atoms with van der Waals surface area (Å²) < 4.78 is 6.10. The molecule has 0 bridgehead atoms. The molecule has 0 aromatic heterocycles. The molecule has 0 amide bonds. The molecule has 0 saturated heterocycles. The van der Waals surface area contributed by atoms with Crippen LogP contribution in [0, 0.1) is 6.10 Å². The summed E-state index contributed by atoms with van der Waals surface area (Å²) in [6.45, 7) is 0. The normalized spacial score (nSPS) is 9.52. The van der Waals surface area contributed by atoms with E-state index in [0.717, 1.165) is 23.0 Å². The number of ether oxygens (including phenoxy) is 1. The van der Waals surface area contributed by atoms with E-state index in [4.69, 9.17) is 4.74 Å². The van der Waals surface area contributed by atoms with Gasteiger partial charge in [0.2, 0.25) is 0 Å². The van der Waals surface area contributed by atoms with Gasteiger partial charge in [0.15, 0.2) is 0 Å². The quantitative estimate of drug-likeness (QED) is 0.516.